The first-order valence-electron chi connectivity index (χ1n) is 3.02. The Balaban J connectivity index is -0.0000000427. The second-order valence-corrected chi connectivity index (χ2v) is 2.37. The van der Waals surface area contributed by atoms with Crippen molar-refractivity contribution in [2.24, 2.45) is 0 Å². The van der Waals surface area contributed by atoms with Gasteiger partial charge in [0.15, 0.2) is 0 Å². The molecule has 1 aromatic carbocycles. The molecule has 0 amide bonds. The van der Waals surface area contributed by atoms with Crippen LogP contribution in [0.3, 0.4) is 0 Å². The van der Waals surface area contributed by atoms with E-state index in [9.17, 15) is 0 Å². The van der Waals surface area contributed by atoms with Gasteiger partial charge < -0.3 is 29.7 Å². The third-order valence-electron chi connectivity index (χ3n) is 1.36. The molecule has 1 heteroatoms. The molecule has 0 aliphatic heterocycles. The van der Waals surface area contributed by atoms with Crippen LogP contribution in [0.1, 0.15) is 25.3 Å². The van der Waals surface area contributed by atoms with Crippen LogP contribution in [0.4, 0.5) is 0 Å². The van der Waals surface area contributed by atoms with E-state index in [1.54, 1.807) is 0 Å². The van der Waals surface area contributed by atoms with Crippen LogP contribution in [0.2, 0.25) is 0 Å². The monoisotopic (exact) mass is 218 g/mol. The molecule has 1 aromatic rings. The van der Waals surface area contributed by atoms with Gasteiger partial charge in [-0.25, -0.2) is 12.1 Å². The smallest absolute Gasteiger partial charge is 0 e. The fourth-order valence-electron chi connectivity index (χ4n) is 0.774. The Kier molecular flexibility index (Phi) is 32.5. The molecule has 81 valence electrons. The zero-order valence-corrected chi connectivity index (χ0v) is 11.2. The summed E-state index contributed by atoms with van der Waals surface area (Å²) in [6, 6.07) is 8.47. The Morgan fingerprint density at radius 2 is 1.15 bits per heavy atom. The van der Waals surface area contributed by atoms with E-state index < -0.39 is 0 Å². The van der Waals surface area contributed by atoms with Gasteiger partial charge in [0.1, 0.15) is 0 Å². The van der Waals surface area contributed by atoms with Gasteiger partial charge in [0, 0.05) is 18.6 Å². The Morgan fingerprint density at radius 1 is 0.846 bits per heavy atom. The summed E-state index contributed by atoms with van der Waals surface area (Å²) < 4.78 is 0. The maximum atomic E-state index is 2.20. The summed E-state index contributed by atoms with van der Waals surface area (Å²) in [7, 11) is 0. The van der Waals surface area contributed by atoms with E-state index in [1.807, 2.05) is 0 Å². The quantitative estimate of drug-likeness (QED) is 0.615. The second-order valence-electron chi connectivity index (χ2n) is 2.37. The predicted molar refractivity (Wildman–Crippen MR) is 61.8 cm³/mol. The maximum absolute atomic E-state index is 2.20. The Bertz CT molecular complexity index is 140. The van der Waals surface area contributed by atoms with Crippen molar-refractivity contribution in [1.82, 2.24) is 0 Å². The number of hydrogen-bond donors (Lipinski definition) is 0. The van der Waals surface area contributed by atoms with Crippen LogP contribution in [0, 0.1) is 29.7 Å². The van der Waals surface area contributed by atoms with Gasteiger partial charge in [0.2, 0.25) is 0 Å². The molecule has 13 heavy (non-hydrogen) atoms. The van der Waals surface area contributed by atoms with E-state index in [2.05, 4.69) is 38.1 Å². The summed E-state index contributed by atoms with van der Waals surface area (Å²) in [4.78, 5) is 0. The summed E-state index contributed by atoms with van der Waals surface area (Å²) in [5.41, 5.74) is 1.44. The van der Waals surface area contributed by atoms with Gasteiger partial charge in [-0.15, -0.1) is 0 Å². The van der Waals surface area contributed by atoms with Gasteiger partial charge in [-0.3, -0.25) is 0 Å². The van der Waals surface area contributed by atoms with Crippen LogP contribution in [0.25, 0.3) is 0 Å². The fourth-order valence-corrected chi connectivity index (χ4v) is 0.774. The van der Waals surface area contributed by atoms with Crippen LogP contribution in [-0.2, 0) is 18.6 Å². The summed E-state index contributed by atoms with van der Waals surface area (Å²) in [6.45, 7) is 4.41. The molecule has 0 unspecified atom stereocenters. The maximum Gasteiger partial charge on any atom is 0 e. The molecule has 0 N–H and O–H groups in total. The molecule has 0 spiro atoms. The van der Waals surface area contributed by atoms with Crippen molar-refractivity contribution < 1.29 is 18.6 Å². The molecule has 0 fully saturated rings. The van der Waals surface area contributed by atoms with Crippen LogP contribution >= 0.6 is 0 Å². The van der Waals surface area contributed by atoms with E-state index in [1.165, 1.54) is 5.56 Å². The molecule has 0 aromatic heterocycles. The molecule has 1 radical (unpaired) electrons. The van der Waals surface area contributed by atoms with Crippen molar-refractivity contribution in [2.45, 2.75) is 19.8 Å². The van der Waals surface area contributed by atoms with Gasteiger partial charge in [-0.05, 0) is 0 Å². The Morgan fingerprint density at radius 3 is 1.31 bits per heavy atom. The molecule has 0 saturated carbocycles. The van der Waals surface area contributed by atoms with Gasteiger partial charge >= 0.3 is 0 Å². The van der Waals surface area contributed by atoms with Crippen molar-refractivity contribution in [3.63, 3.8) is 0 Å². The molecule has 0 heterocycles. The topological polar surface area (TPSA) is 0 Å². The first-order valence-corrected chi connectivity index (χ1v) is 3.02. The minimum absolute atomic E-state index is 0. The molecule has 0 saturated heterocycles. The van der Waals surface area contributed by atoms with Gasteiger partial charge in [0.05, 0.1) is 0 Å². The largest absolute Gasteiger partial charge is 0.358 e. The Hall–Kier alpha value is -0.0656. The third-order valence-corrected chi connectivity index (χ3v) is 1.36. The van der Waals surface area contributed by atoms with Crippen molar-refractivity contribution in [1.29, 1.82) is 0 Å². The van der Waals surface area contributed by atoms with Gasteiger partial charge in [-0.2, -0.15) is 17.7 Å². The van der Waals surface area contributed by atoms with Crippen LogP contribution < -0.4 is 0 Å². The third kappa shape index (κ3) is 9.85. The molecule has 1 rings (SSSR count). The summed E-state index contributed by atoms with van der Waals surface area (Å²) in [6.07, 6.45) is 0. The van der Waals surface area contributed by atoms with E-state index in [0.717, 1.165) is 0 Å². The summed E-state index contributed by atoms with van der Waals surface area (Å²) in [5, 5.41) is 0. The average Bonchev–Trinajstić information content (AvgIpc) is 2.12. The molecular formula is C12H23V-5. The molecular weight excluding hydrogens is 195 g/mol. The predicted octanol–water partition coefficient (Wildman–Crippen LogP) is 4.33. The minimum atomic E-state index is 0. The van der Waals surface area contributed by atoms with Crippen molar-refractivity contribution in [3.05, 3.63) is 59.5 Å². The molecule has 0 aliphatic rings. The van der Waals surface area contributed by atoms with Crippen LogP contribution in [0.15, 0.2) is 24.3 Å². The first-order chi connectivity index (χ1) is 3.80. The molecule has 0 bridgehead atoms. The van der Waals surface area contributed by atoms with Crippen LogP contribution in [0.5, 0.6) is 0 Å². The van der Waals surface area contributed by atoms with E-state index in [0.29, 0.717) is 5.92 Å². The van der Waals surface area contributed by atoms with Gasteiger partial charge in [-0.1, -0.05) is 19.8 Å². The Labute approximate surface area is 98.0 Å². The summed E-state index contributed by atoms with van der Waals surface area (Å²) in [5.74, 6) is 0.685. The summed E-state index contributed by atoms with van der Waals surface area (Å²) >= 11 is 0. The SMILES string of the molecule is CC(C)[c-]1cccc1.[CH3-].[CH3-].[CH3-].[CH3-].[V]. The molecule has 0 atom stereocenters. The number of hydrogen-bond acceptors (Lipinski definition) is 0. The minimum Gasteiger partial charge on any atom is -0.358 e. The second kappa shape index (κ2) is 14.5. The van der Waals surface area contributed by atoms with Gasteiger partial charge in [0.25, 0.3) is 0 Å². The van der Waals surface area contributed by atoms with E-state index in [4.69, 9.17) is 0 Å². The average molecular weight is 218 g/mol. The molecule has 0 aliphatic carbocycles. The van der Waals surface area contributed by atoms with Crippen molar-refractivity contribution in [3.8, 4) is 0 Å². The van der Waals surface area contributed by atoms with Crippen molar-refractivity contribution >= 4 is 0 Å². The number of rotatable bonds is 1. The van der Waals surface area contributed by atoms with Crippen molar-refractivity contribution in [2.75, 3.05) is 0 Å². The normalized spacial score (nSPS) is 6.38. The van der Waals surface area contributed by atoms with Crippen LogP contribution in [-0.4, -0.2) is 0 Å². The van der Waals surface area contributed by atoms with E-state index >= 15 is 0 Å². The fraction of sp³-hybridized carbons (Fsp3) is 0.250. The standard InChI is InChI=1S/C8H11.4CH3.V/c1-7(2)8-5-3-4-6-8;;;;;/h3-7H,1-2H3;4*1H3;/q5*-1;. The first kappa shape index (κ1) is 29.3. The zero-order chi connectivity index (χ0) is 5.98. The zero-order valence-electron chi connectivity index (χ0n) is 9.83. The van der Waals surface area contributed by atoms with E-state index in [-0.39, 0.29) is 48.3 Å². The molecule has 0 nitrogen and oxygen atoms in total.